The fourth-order valence-electron chi connectivity index (χ4n) is 4.65. The second-order valence-electron chi connectivity index (χ2n) is 9.87. The minimum Gasteiger partial charge on any atom is -0.390 e. The minimum atomic E-state index is -4.50. The zero-order chi connectivity index (χ0) is 27.2. The molecule has 4 atom stereocenters. The number of fused-ring (bicyclic) bond motifs is 1. The van der Waals surface area contributed by atoms with Crippen molar-refractivity contribution in [2.75, 3.05) is 10.6 Å². The lowest BCUT2D eigenvalue weighted by Gasteiger charge is -2.28. The van der Waals surface area contributed by atoms with E-state index in [2.05, 4.69) is 25.6 Å². The van der Waals surface area contributed by atoms with E-state index in [1.54, 1.807) is 13.8 Å². The van der Waals surface area contributed by atoms with Crippen LogP contribution in [0.1, 0.15) is 25.8 Å². The Bertz CT molecular complexity index is 1420. The summed E-state index contributed by atoms with van der Waals surface area (Å²) in [7, 11) is 0. The Balaban J connectivity index is 1.51. The van der Waals surface area contributed by atoms with Crippen LogP contribution >= 0.6 is 11.3 Å². The Morgan fingerprint density at radius 3 is 2.45 bits per heavy atom. The molecule has 0 aliphatic heterocycles. The summed E-state index contributed by atoms with van der Waals surface area (Å²) in [6.45, 7) is 3.15. The highest BCUT2D eigenvalue weighted by Crippen LogP contribution is 2.39. The van der Waals surface area contributed by atoms with Gasteiger partial charge in [0.05, 0.1) is 39.1 Å². The van der Waals surface area contributed by atoms with Gasteiger partial charge in [0.25, 0.3) is 0 Å². The van der Waals surface area contributed by atoms with Crippen molar-refractivity contribution in [2.45, 2.75) is 50.3 Å². The van der Waals surface area contributed by atoms with Gasteiger partial charge in [-0.25, -0.2) is 9.97 Å². The first-order valence-corrected chi connectivity index (χ1v) is 12.7. The van der Waals surface area contributed by atoms with Crippen molar-refractivity contribution in [1.82, 2.24) is 15.0 Å². The summed E-state index contributed by atoms with van der Waals surface area (Å²) in [5, 5.41) is 38.4. The number of aromatic nitrogens is 3. The molecule has 4 aromatic rings. The number of hydrogen-bond acceptors (Lipinski definition) is 9. The van der Waals surface area contributed by atoms with Crippen LogP contribution in [-0.2, 0) is 6.18 Å². The van der Waals surface area contributed by atoms with Crippen molar-refractivity contribution in [3.8, 4) is 10.6 Å². The smallest absolute Gasteiger partial charge is 0.390 e. The number of nitrogens with zero attached hydrogens (tertiary/aromatic N) is 3. The first-order chi connectivity index (χ1) is 17.9. The Hall–Kier alpha value is -3.32. The molecule has 2 heterocycles. The van der Waals surface area contributed by atoms with Crippen LogP contribution in [0, 0.1) is 5.92 Å². The predicted molar refractivity (Wildman–Crippen MR) is 139 cm³/mol. The molecule has 1 saturated carbocycles. The van der Waals surface area contributed by atoms with Gasteiger partial charge in [0.1, 0.15) is 16.9 Å². The minimum absolute atomic E-state index is 0.0313. The molecule has 1 fully saturated rings. The molecule has 0 bridgehead atoms. The van der Waals surface area contributed by atoms with Crippen LogP contribution in [0.2, 0.25) is 0 Å². The van der Waals surface area contributed by atoms with E-state index in [9.17, 15) is 28.5 Å². The molecule has 0 saturated heterocycles. The topological polar surface area (TPSA) is 123 Å². The number of alkyl halides is 3. The molecule has 0 spiro atoms. The van der Waals surface area contributed by atoms with Crippen LogP contribution in [0.5, 0.6) is 0 Å². The SMILES string of the molecule is CC(C)(O)[C@H]1C[C@@H](Nc2nc(Nc3cccc(C(F)(F)F)c3)ncc2-c2nc3ccccc3s2)[C@H](O)[C@@H]1O. The first kappa shape index (κ1) is 26.3. The molecule has 1 aliphatic rings. The Morgan fingerprint density at radius 2 is 1.76 bits per heavy atom. The third kappa shape index (κ3) is 5.30. The number of rotatable bonds is 6. The molecule has 1 aliphatic carbocycles. The highest BCUT2D eigenvalue weighted by atomic mass is 32.1. The highest BCUT2D eigenvalue weighted by Gasteiger charge is 2.47. The van der Waals surface area contributed by atoms with E-state index in [4.69, 9.17) is 0 Å². The van der Waals surface area contributed by atoms with Gasteiger partial charge in [-0.3, -0.25) is 0 Å². The average molecular weight is 546 g/mol. The second kappa shape index (κ2) is 9.77. The van der Waals surface area contributed by atoms with Crippen LogP contribution in [0.15, 0.2) is 54.7 Å². The standard InChI is InChI=1S/C26H26F3N5O3S/c1-25(2,37)16-11-18(21(36)20(16)35)32-22-15(23-33-17-8-3-4-9-19(17)38-23)12-30-24(34-22)31-14-7-5-6-13(10-14)26(27,28)29/h3-10,12,16,18,20-21,35-37H,11H2,1-2H3,(H2,30,31,32,34)/t16-,18+,20+,21-/m0/s1. The Kier molecular flexibility index (Phi) is 6.76. The maximum atomic E-state index is 13.2. The van der Waals surface area contributed by atoms with Crippen LogP contribution in [0.3, 0.4) is 0 Å². The van der Waals surface area contributed by atoms with Gasteiger partial charge in [0.15, 0.2) is 0 Å². The highest BCUT2D eigenvalue weighted by molar-refractivity contribution is 7.21. The van der Waals surface area contributed by atoms with Crippen molar-refractivity contribution in [2.24, 2.45) is 5.92 Å². The van der Waals surface area contributed by atoms with Gasteiger partial charge in [-0.15, -0.1) is 11.3 Å². The van der Waals surface area contributed by atoms with Crippen LogP contribution < -0.4 is 10.6 Å². The van der Waals surface area contributed by atoms with Crippen LogP contribution in [-0.4, -0.2) is 54.1 Å². The van der Waals surface area contributed by atoms with Gasteiger partial charge >= 0.3 is 6.18 Å². The van der Waals surface area contributed by atoms with Crippen molar-refractivity contribution < 1.29 is 28.5 Å². The summed E-state index contributed by atoms with van der Waals surface area (Å²) in [6.07, 6.45) is -5.09. The van der Waals surface area contributed by atoms with Gasteiger partial charge in [-0.1, -0.05) is 18.2 Å². The molecule has 0 unspecified atom stereocenters. The molecular formula is C26H26F3N5O3S. The number of para-hydroxylation sites is 1. The molecule has 200 valence electrons. The van der Waals surface area contributed by atoms with Crippen molar-refractivity contribution in [1.29, 1.82) is 0 Å². The number of aliphatic hydroxyl groups excluding tert-OH is 2. The van der Waals surface area contributed by atoms with E-state index in [1.165, 1.54) is 29.7 Å². The fourth-order valence-corrected chi connectivity index (χ4v) is 5.63. The quantitative estimate of drug-likeness (QED) is 0.234. The molecule has 12 heteroatoms. The Morgan fingerprint density at radius 1 is 1.00 bits per heavy atom. The monoisotopic (exact) mass is 545 g/mol. The van der Waals surface area contributed by atoms with Crippen molar-refractivity contribution in [3.05, 3.63) is 60.3 Å². The van der Waals surface area contributed by atoms with E-state index in [0.717, 1.165) is 22.3 Å². The van der Waals surface area contributed by atoms with Gasteiger partial charge in [-0.05, 0) is 50.6 Å². The number of aliphatic hydroxyl groups is 3. The molecule has 2 aromatic heterocycles. The molecule has 8 nitrogen and oxygen atoms in total. The van der Waals surface area contributed by atoms with Crippen LogP contribution in [0.4, 0.5) is 30.6 Å². The van der Waals surface area contributed by atoms with E-state index < -0.39 is 41.5 Å². The first-order valence-electron chi connectivity index (χ1n) is 11.9. The molecule has 0 radical (unpaired) electrons. The summed E-state index contributed by atoms with van der Waals surface area (Å²) in [4.78, 5) is 13.5. The van der Waals surface area contributed by atoms with Gasteiger partial charge in [-0.2, -0.15) is 18.2 Å². The summed E-state index contributed by atoms with van der Waals surface area (Å²) < 4.78 is 40.5. The number of anilines is 3. The third-order valence-electron chi connectivity index (χ3n) is 6.67. The number of nitrogens with one attached hydrogen (secondary N) is 2. The maximum absolute atomic E-state index is 13.2. The van der Waals surface area contributed by atoms with Gasteiger partial charge in [0.2, 0.25) is 5.95 Å². The fraction of sp³-hybridized carbons (Fsp3) is 0.346. The molecule has 5 rings (SSSR count). The van der Waals surface area contributed by atoms with E-state index in [0.29, 0.717) is 10.6 Å². The number of thiazole rings is 1. The molecule has 5 N–H and O–H groups in total. The lowest BCUT2D eigenvalue weighted by Crippen LogP contribution is -2.40. The van der Waals surface area contributed by atoms with E-state index in [-0.39, 0.29) is 23.9 Å². The third-order valence-corrected chi connectivity index (χ3v) is 7.74. The van der Waals surface area contributed by atoms with Crippen molar-refractivity contribution >= 4 is 39.0 Å². The second-order valence-corrected chi connectivity index (χ2v) is 10.9. The molecule has 2 aromatic carbocycles. The number of halogens is 3. The average Bonchev–Trinajstić information content (AvgIpc) is 3.40. The zero-order valence-corrected chi connectivity index (χ0v) is 21.3. The summed E-state index contributed by atoms with van der Waals surface area (Å²) in [5.74, 6) is -0.282. The maximum Gasteiger partial charge on any atom is 0.416 e. The number of hydrogen-bond donors (Lipinski definition) is 5. The van der Waals surface area contributed by atoms with Gasteiger partial charge < -0.3 is 26.0 Å². The molecular weight excluding hydrogens is 519 g/mol. The molecule has 0 amide bonds. The van der Waals surface area contributed by atoms with Gasteiger partial charge in [0, 0.05) is 17.8 Å². The predicted octanol–water partition coefficient (Wildman–Crippen LogP) is 4.81. The Labute approximate surface area is 220 Å². The lowest BCUT2D eigenvalue weighted by atomic mass is 9.88. The summed E-state index contributed by atoms with van der Waals surface area (Å²) >= 11 is 1.41. The number of benzene rings is 2. The zero-order valence-electron chi connectivity index (χ0n) is 20.4. The largest absolute Gasteiger partial charge is 0.416 e. The molecule has 38 heavy (non-hydrogen) atoms. The van der Waals surface area contributed by atoms with Crippen LogP contribution in [0.25, 0.3) is 20.8 Å². The van der Waals surface area contributed by atoms with E-state index >= 15 is 0 Å². The summed E-state index contributed by atoms with van der Waals surface area (Å²) in [5.41, 5.74) is -0.587. The normalized spacial score (nSPS) is 22.1. The van der Waals surface area contributed by atoms with E-state index in [1.807, 2.05) is 24.3 Å². The van der Waals surface area contributed by atoms with Crippen molar-refractivity contribution in [3.63, 3.8) is 0 Å². The summed E-state index contributed by atoms with van der Waals surface area (Å²) in [6, 6.07) is 11.6. The lowest BCUT2D eigenvalue weighted by molar-refractivity contribution is -0.137.